The van der Waals surface area contributed by atoms with Gasteiger partial charge in [-0.05, 0) is 30.2 Å². The summed E-state index contributed by atoms with van der Waals surface area (Å²) in [5.41, 5.74) is 6.87. The molecule has 20 heavy (non-hydrogen) atoms. The van der Waals surface area contributed by atoms with E-state index in [-0.39, 0.29) is 11.4 Å². The summed E-state index contributed by atoms with van der Waals surface area (Å²) in [4.78, 5) is 0.250. The first-order valence-electron chi connectivity index (χ1n) is 6.38. The smallest absolute Gasteiger partial charge is 0.240 e. The number of nitrogens with zero attached hydrogens (tertiary/aromatic N) is 2. The maximum absolute atomic E-state index is 12.3. The molecule has 108 valence electrons. The monoisotopic (exact) mass is 294 g/mol. The molecule has 2 rings (SSSR count). The Morgan fingerprint density at radius 2 is 2.20 bits per heavy atom. The van der Waals surface area contributed by atoms with E-state index in [4.69, 9.17) is 5.73 Å². The van der Waals surface area contributed by atoms with Gasteiger partial charge < -0.3 is 5.73 Å². The average molecular weight is 294 g/mol. The van der Waals surface area contributed by atoms with Crippen LogP contribution in [0.5, 0.6) is 0 Å². The molecule has 0 aliphatic carbocycles. The number of aromatic nitrogens is 2. The van der Waals surface area contributed by atoms with E-state index in [0.29, 0.717) is 18.7 Å². The molecule has 1 heterocycles. The van der Waals surface area contributed by atoms with Gasteiger partial charge in [-0.15, -0.1) is 0 Å². The highest BCUT2D eigenvalue weighted by Crippen LogP contribution is 2.19. The van der Waals surface area contributed by atoms with Gasteiger partial charge in [-0.1, -0.05) is 13.0 Å². The third-order valence-electron chi connectivity index (χ3n) is 2.95. The Morgan fingerprint density at radius 3 is 2.85 bits per heavy atom. The lowest BCUT2D eigenvalue weighted by Gasteiger charge is -2.11. The van der Waals surface area contributed by atoms with Crippen LogP contribution in [0.15, 0.2) is 41.6 Å². The van der Waals surface area contributed by atoms with E-state index >= 15 is 0 Å². The number of rotatable bonds is 6. The molecule has 7 heteroatoms. The van der Waals surface area contributed by atoms with Crippen molar-refractivity contribution in [1.29, 1.82) is 0 Å². The van der Waals surface area contributed by atoms with Crippen LogP contribution >= 0.6 is 0 Å². The van der Waals surface area contributed by atoms with E-state index in [1.54, 1.807) is 35.3 Å². The zero-order valence-electron chi connectivity index (χ0n) is 11.3. The molecule has 6 nitrogen and oxygen atoms in total. The van der Waals surface area contributed by atoms with E-state index in [1.165, 1.54) is 6.07 Å². The average Bonchev–Trinajstić information content (AvgIpc) is 2.91. The molecular formula is C13H18N4O2S. The molecule has 0 spiro atoms. The molecule has 0 saturated heterocycles. The van der Waals surface area contributed by atoms with Crippen LogP contribution in [0.3, 0.4) is 0 Å². The topological polar surface area (TPSA) is 90.0 Å². The molecule has 0 amide bonds. The van der Waals surface area contributed by atoms with Crippen molar-refractivity contribution in [3.8, 4) is 0 Å². The van der Waals surface area contributed by atoms with Crippen LogP contribution in [0.2, 0.25) is 0 Å². The van der Waals surface area contributed by atoms with Gasteiger partial charge >= 0.3 is 0 Å². The molecule has 0 radical (unpaired) electrons. The van der Waals surface area contributed by atoms with Gasteiger partial charge in [-0.2, -0.15) is 5.10 Å². The highest BCUT2D eigenvalue weighted by molar-refractivity contribution is 7.89. The number of anilines is 1. The lowest BCUT2D eigenvalue weighted by atomic mass is 10.1. The minimum absolute atomic E-state index is 0.250. The molecule has 0 atom stereocenters. The summed E-state index contributed by atoms with van der Waals surface area (Å²) >= 11 is 0. The number of nitrogen functional groups attached to an aromatic ring is 1. The largest absolute Gasteiger partial charge is 0.399 e. The van der Waals surface area contributed by atoms with Gasteiger partial charge in [0.05, 0.1) is 11.4 Å². The van der Waals surface area contributed by atoms with Crippen molar-refractivity contribution in [3.05, 3.63) is 42.2 Å². The van der Waals surface area contributed by atoms with Gasteiger partial charge in [0.25, 0.3) is 0 Å². The minimum Gasteiger partial charge on any atom is -0.399 e. The normalized spacial score (nSPS) is 11.7. The van der Waals surface area contributed by atoms with Crippen LogP contribution in [-0.4, -0.2) is 24.7 Å². The van der Waals surface area contributed by atoms with E-state index in [0.717, 1.165) is 5.56 Å². The predicted molar refractivity (Wildman–Crippen MR) is 77.6 cm³/mol. The molecule has 0 aliphatic rings. The van der Waals surface area contributed by atoms with Gasteiger partial charge in [0, 0.05) is 24.6 Å². The number of nitrogens with one attached hydrogen (secondary N) is 1. The molecule has 0 aliphatic heterocycles. The van der Waals surface area contributed by atoms with Crippen molar-refractivity contribution in [2.75, 3.05) is 12.3 Å². The standard InChI is InChI=1S/C13H18N4O2S/c1-2-11-4-5-12(14)10-13(11)20(18,19)16-7-9-17-8-3-6-15-17/h3-6,8,10,16H,2,7,9,14H2,1H3. The van der Waals surface area contributed by atoms with Gasteiger partial charge in [0.15, 0.2) is 0 Å². The number of aryl methyl sites for hydroxylation is 1. The third-order valence-corrected chi connectivity index (χ3v) is 4.50. The second kappa shape index (κ2) is 6.06. The van der Waals surface area contributed by atoms with Crippen LogP contribution in [0.1, 0.15) is 12.5 Å². The second-order valence-electron chi connectivity index (χ2n) is 4.39. The fourth-order valence-corrected chi connectivity index (χ4v) is 3.28. The van der Waals surface area contributed by atoms with Gasteiger partial charge in [-0.3, -0.25) is 4.68 Å². The SMILES string of the molecule is CCc1ccc(N)cc1S(=O)(=O)NCCn1cccn1. The van der Waals surface area contributed by atoms with Gasteiger partial charge in [-0.25, -0.2) is 13.1 Å². The minimum atomic E-state index is -3.55. The number of sulfonamides is 1. The van der Waals surface area contributed by atoms with Crippen molar-refractivity contribution in [3.63, 3.8) is 0 Å². The molecule has 3 N–H and O–H groups in total. The quantitative estimate of drug-likeness (QED) is 0.778. The summed E-state index contributed by atoms with van der Waals surface area (Å²) in [5, 5.41) is 4.02. The second-order valence-corrected chi connectivity index (χ2v) is 6.12. The van der Waals surface area contributed by atoms with Crippen molar-refractivity contribution in [2.45, 2.75) is 24.8 Å². The van der Waals surface area contributed by atoms with Crippen LogP contribution in [0.25, 0.3) is 0 Å². The number of benzene rings is 1. The molecular weight excluding hydrogens is 276 g/mol. The molecule has 1 aromatic heterocycles. The Kier molecular flexibility index (Phi) is 4.41. The van der Waals surface area contributed by atoms with E-state index in [1.807, 2.05) is 6.92 Å². The zero-order chi connectivity index (χ0) is 14.6. The first-order valence-corrected chi connectivity index (χ1v) is 7.86. The van der Waals surface area contributed by atoms with Crippen LogP contribution in [0, 0.1) is 0 Å². The first kappa shape index (κ1) is 14.5. The summed E-state index contributed by atoms with van der Waals surface area (Å²) < 4.78 is 28.8. The lowest BCUT2D eigenvalue weighted by Crippen LogP contribution is -2.28. The summed E-state index contributed by atoms with van der Waals surface area (Å²) in [6, 6.07) is 6.75. The number of hydrogen-bond acceptors (Lipinski definition) is 4. The van der Waals surface area contributed by atoms with Gasteiger partial charge in [0.1, 0.15) is 0 Å². The summed E-state index contributed by atoms with van der Waals surface area (Å²) in [6.07, 6.45) is 4.07. The predicted octanol–water partition coefficient (Wildman–Crippen LogP) is 1.01. The molecule has 0 fully saturated rings. The van der Waals surface area contributed by atoms with E-state index in [9.17, 15) is 8.42 Å². The van der Waals surface area contributed by atoms with Crippen molar-refractivity contribution < 1.29 is 8.42 Å². The number of nitrogens with two attached hydrogens (primary N) is 1. The number of hydrogen-bond donors (Lipinski definition) is 2. The summed E-state index contributed by atoms with van der Waals surface area (Å²) in [7, 11) is -3.55. The Morgan fingerprint density at radius 1 is 1.40 bits per heavy atom. The maximum Gasteiger partial charge on any atom is 0.240 e. The Labute approximate surface area is 118 Å². The Bertz CT molecular complexity index is 666. The highest BCUT2D eigenvalue weighted by Gasteiger charge is 2.17. The Balaban J connectivity index is 2.11. The first-order chi connectivity index (χ1) is 9.53. The fourth-order valence-electron chi connectivity index (χ4n) is 1.92. The molecule has 0 bridgehead atoms. The molecule has 2 aromatic rings. The van der Waals surface area contributed by atoms with Crippen LogP contribution in [-0.2, 0) is 23.0 Å². The lowest BCUT2D eigenvalue weighted by molar-refractivity contribution is 0.560. The van der Waals surface area contributed by atoms with Crippen molar-refractivity contribution >= 4 is 15.7 Å². The molecule has 0 saturated carbocycles. The summed E-state index contributed by atoms with van der Waals surface area (Å²) in [6.45, 7) is 2.67. The van der Waals surface area contributed by atoms with Crippen LogP contribution in [0.4, 0.5) is 5.69 Å². The highest BCUT2D eigenvalue weighted by atomic mass is 32.2. The van der Waals surface area contributed by atoms with Crippen molar-refractivity contribution in [1.82, 2.24) is 14.5 Å². The van der Waals surface area contributed by atoms with Crippen LogP contribution < -0.4 is 10.5 Å². The molecule has 1 aromatic carbocycles. The zero-order valence-corrected chi connectivity index (χ0v) is 12.1. The summed E-state index contributed by atoms with van der Waals surface area (Å²) in [5.74, 6) is 0. The third kappa shape index (κ3) is 3.37. The maximum atomic E-state index is 12.3. The van der Waals surface area contributed by atoms with Gasteiger partial charge in [0.2, 0.25) is 10.0 Å². The fraction of sp³-hybridized carbons (Fsp3) is 0.308. The molecule has 0 unspecified atom stereocenters. The van der Waals surface area contributed by atoms with Crippen molar-refractivity contribution in [2.24, 2.45) is 0 Å². The van der Waals surface area contributed by atoms with E-state index in [2.05, 4.69) is 9.82 Å². The van der Waals surface area contributed by atoms with E-state index < -0.39 is 10.0 Å². The Hall–Kier alpha value is -1.86.